The third kappa shape index (κ3) is 3.93. The van der Waals surface area contributed by atoms with E-state index in [1.54, 1.807) is 0 Å². The molecule has 3 aromatic rings. The summed E-state index contributed by atoms with van der Waals surface area (Å²) in [6.07, 6.45) is 1.65. The molecule has 0 fully saturated rings. The van der Waals surface area contributed by atoms with E-state index < -0.39 is 48.3 Å². The monoisotopic (exact) mass is 415 g/mol. The van der Waals surface area contributed by atoms with Crippen molar-refractivity contribution < 1.29 is 18.1 Å². The Kier molecular flexibility index (Phi) is 3.41. The highest BCUT2D eigenvalue weighted by atomic mass is 35.5. The summed E-state index contributed by atoms with van der Waals surface area (Å²) in [5, 5.41) is 13.4. The summed E-state index contributed by atoms with van der Waals surface area (Å²) in [5.41, 5.74) is -2.15. The maximum absolute atomic E-state index is 11.9. The zero-order valence-electron chi connectivity index (χ0n) is 19.1. The van der Waals surface area contributed by atoms with Crippen LogP contribution >= 0.6 is 23.2 Å². The van der Waals surface area contributed by atoms with Crippen molar-refractivity contribution in [3.8, 4) is 23.2 Å². The van der Waals surface area contributed by atoms with Crippen LogP contribution in [0.15, 0.2) is 34.1 Å². The predicted molar refractivity (Wildman–Crippen MR) is 98.3 cm³/mol. The summed E-state index contributed by atoms with van der Waals surface area (Å²) in [7, 11) is 0. The molecule has 27 heavy (non-hydrogen) atoms. The molecule has 140 valence electrons. The molecule has 0 atom stereocenters. The number of halogens is 2. The van der Waals surface area contributed by atoms with Crippen molar-refractivity contribution in [2.45, 2.75) is 19.6 Å². The van der Waals surface area contributed by atoms with Gasteiger partial charge in [-0.2, -0.15) is 19.7 Å². The first-order chi connectivity index (χ1) is 15.2. The van der Waals surface area contributed by atoms with Gasteiger partial charge in [0, 0.05) is 8.22 Å². The van der Waals surface area contributed by atoms with E-state index in [0.717, 1.165) is 17.1 Å². The molecule has 0 bridgehead atoms. The molecule has 11 heteroatoms. The topological polar surface area (TPSA) is 123 Å². The molecule has 0 aliphatic heterocycles. The summed E-state index contributed by atoms with van der Waals surface area (Å²) in [4.78, 5) is 32.6. The van der Waals surface area contributed by atoms with Crippen molar-refractivity contribution in [3.63, 3.8) is 0 Å². The van der Waals surface area contributed by atoms with E-state index in [4.69, 9.17) is 36.2 Å². The fourth-order valence-electron chi connectivity index (χ4n) is 2.03. The normalized spacial score (nSPS) is 15.2. The first kappa shape index (κ1) is 12.5. The summed E-state index contributed by atoms with van der Waals surface area (Å²) < 4.78 is 51.5. The standard InChI is InChI=1S/C16H13Cl2N5O4/c1-7(2)13-11(24)5-19-15(22-13)27-14-9(17)3-8(4-10(14)18)23-16(26)21-12(25)6-20-23/h3-7,24H,1-2H3,(H,21,25,26)/i1D3,2D3. The Morgan fingerprint density at radius 1 is 1.26 bits per heavy atom. The van der Waals surface area contributed by atoms with Gasteiger partial charge in [0.1, 0.15) is 6.20 Å². The zero-order chi connectivity index (χ0) is 24.7. The van der Waals surface area contributed by atoms with E-state index in [1.165, 1.54) is 12.1 Å². The highest BCUT2D eigenvalue weighted by molar-refractivity contribution is 6.37. The third-order valence-electron chi connectivity index (χ3n) is 3.18. The van der Waals surface area contributed by atoms with Gasteiger partial charge in [-0.1, -0.05) is 36.9 Å². The van der Waals surface area contributed by atoms with Gasteiger partial charge in [-0.3, -0.25) is 9.78 Å². The average molecular weight is 416 g/mol. The van der Waals surface area contributed by atoms with Crippen LogP contribution in [0.2, 0.25) is 10.0 Å². The molecular formula is C16H13Cl2N5O4. The minimum Gasteiger partial charge on any atom is -0.504 e. The van der Waals surface area contributed by atoms with Crippen molar-refractivity contribution in [2.24, 2.45) is 0 Å². The van der Waals surface area contributed by atoms with Crippen LogP contribution in [0.25, 0.3) is 5.69 Å². The fraction of sp³-hybridized carbons (Fsp3) is 0.188. The van der Waals surface area contributed by atoms with E-state index in [0.29, 0.717) is 0 Å². The molecule has 0 amide bonds. The molecule has 0 aliphatic carbocycles. The van der Waals surface area contributed by atoms with E-state index >= 15 is 0 Å². The van der Waals surface area contributed by atoms with Crippen LogP contribution in [0.1, 0.15) is 33.5 Å². The van der Waals surface area contributed by atoms with Crippen molar-refractivity contribution in [3.05, 3.63) is 61.1 Å². The number of aromatic nitrogens is 5. The maximum Gasteiger partial charge on any atom is 0.349 e. The second kappa shape index (κ2) is 7.37. The third-order valence-corrected chi connectivity index (χ3v) is 3.74. The number of hydrogen-bond donors (Lipinski definition) is 2. The number of benzene rings is 1. The van der Waals surface area contributed by atoms with Crippen LogP contribution < -0.4 is 16.0 Å². The molecule has 1 aromatic carbocycles. The lowest BCUT2D eigenvalue weighted by atomic mass is 10.1. The minimum absolute atomic E-state index is 0.0794. The number of nitrogens with one attached hydrogen (secondary N) is 1. The van der Waals surface area contributed by atoms with Crippen LogP contribution in [0.5, 0.6) is 17.5 Å². The Hall–Kier alpha value is -2.91. The Morgan fingerprint density at radius 2 is 1.96 bits per heavy atom. The fourth-order valence-corrected chi connectivity index (χ4v) is 2.58. The number of rotatable bonds is 4. The van der Waals surface area contributed by atoms with Crippen molar-refractivity contribution >= 4 is 23.2 Å². The Labute approximate surface area is 170 Å². The number of ether oxygens (including phenoxy) is 1. The number of aromatic amines is 1. The van der Waals surface area contributed by atoms with E-state index in [-0.39, 0.29) is 21.5 Å². The molecule has 0 aliphatic rings. The van der Waals surface area contributed by atoms with Gasteiger partial charge in [0.05, 0.1) is 27.6 Å². The van der Waals surface area contributed by atoms with Crippen molar-refractivity contribution in [1.29, 1.82) is 0 Å². The zero-order valence-corrected chi connectivity index (χ0v) is 14.6. The lowest BCUT2D eigenvalue weighted by molar-refractivity contribution is 0.417. The molecule has 0 saturated heterocycles. The summed E-state index contributed by atoms with van der Waals surface area (Å²) in [6.45, 7) is -6.05. The van der Waals surface area contributed by atoms with Crippen LogP contribution in [-0.2, 0) is 0 Å². The molecule has 3 rings (SSSR count). The van der Waals surface area contributed by atoms with Gasteiger partial charge in [0.25, 0.3) is 5.56 Å². The number of aromatic hydroxyl groups is 1. The largest absolute Gasteiger partial charge is 0.504 e. The van der Waals surface area contributed by atoms with Crippen molar-refractivity contribution in [1.82, 2.24) is 24.7 Å². The molecule has 9 nitrogen and oxygen atoms in total. The Balaban J connectivity index is 2.03. The van der Waals surface area contributed by atoms with E-state index in [9.17, 15) is 14.7 Å². The van der Waals surface area contributed by atoms with Crippen molar-refractivity contribution in [2.75, 3.05) is 0 Å². The SMILES string of the molecule is [2H]C([2H])([2H])C(c1nc(Oc2c(Cl)cc(-n3ncc(=O)[nH]c3=O)cc2Cl)ncc1O)C([2H])([2H])[2H]. The number of hydrogen-bond acceptors (Lipinski definition) is 7. The van der Waals surface area contributed by atoms with Gasteiger partial charge in [0.15, 0.2) is 11.5 Å². The maximum atomic E-state index is 11.9. The molecule has 2 heterocycles. The lowest BCUT2D eigenvalue weighted by Gasteiger charge is -2.12. The second-order valence-corrected chi connectivity index (χ2v) is 5.86. The molecule has 2 aromatic heterocycles. The second-order valence-electron chi connectivity index (χ2n) is 5.05. The molecule has 0 radical (unpaired) electrons. The van der Waals surface area contributed by atoms with Gasteiger partial charge in [-0.25, -0.2) is 4.79 Å². The molecule has 0 saturated carbocycles. The minimum atomic E-state index is -3.03. The highest BCUT2D eigenvalue weighted by Crippen LogP contribution is 2.37. The predicted octanol–water partition coefficient (Wildman–Crippen LogP) is 2.64. The molecule has 0 unspecified atom stereocenters. The van der Waals surface area contributed by atoms with Crippen LogP contribution in [0, 0.1) is 0 Å². The van der Waals surface area contributed by atoms with Gasteiger partial charge in [-0.05, 0) is 18.1 Å². The first-order valence-corrected chi connectivity index (χ1v) is 7.86. The summed E-state index contributed by atoms with van der Waals surface area (Å²) in [5.74, 6) is -3.09. The number of nitrogens with zero attached hydrogens (tertiary/aromatic N) is 4. The highest BCUT2D eigenvalue weighted by Gasteiger charge is 2.16. The quantitative estimate of drug-likeness (QED) is 0.670. The summed E-state index contributed by atoms with van der Waals surface area (Å²) >= 11 is 12.4. The van der Waals surface area contributed by atoms with Gasteiger partial charge >= 0.3 is 11.7 Å². The van der Waals surface area contributed by atoms with Gasteiger partial charge in [-0.15, -0.1) is 0 Å². The van der Waals surface area contributed by atoms with Crippen LogP contribution in [0.3, 0.4) is 0 Å². The summed E-state index contributed by atoms with van der Waals surface area (Å²) in [6, 6.07) is 1.91. The van der Waals surface area contributed by atoms with Gasteiger partial charge < -0.3 is 9.84 Å². The molecule has 0 spiro atoms. The van der Waals surface area contributed by atoms with Crippen LogP contribution in [0.4, 0.5) is 0 Å². The Bertz CT molecular complexity index is 1290. The van der Waals surface area contributed by atoms with Gasteiger partial charge in [0.2, 0.25) is 0 Å². The molecule has 2 N–H and O–H groups in total. The van der Waals surface area contributed by atoms with E-state index in [2.05, 4.69) is 15.1 Å². The van der Waals surface area contributed by atoms with E-state index in [1.807, 2.05) is 4.98 Å². The molecular weight excluding hydrogens is 397 g/mol. The Morgan fingerprint density at radius 3 is 2.59 bits per heavy atom. The van der Waals surface area contributed by atoms with Crippen LogP contribution in [-0.4, -0.2) is 29.8 Å². The smallest absolute Gasteiger partial charge is 0.349 e. The lowest BCUT2D eigenvalue weighted by Crippen LogP contribution is -2.30. The first-order valence-electron chi connectivity index (χ1n) is 10.1. The number of H-pyrrole nitrogens is 1. The average Bonchev–Trinajstić information content (AvgIpc) is 2.64.